The van der Waals surface area contributed by atoms with Crippen molar-refractivity contribution in [1.29, 1.82) is 0 Å². The summed E-state index contributed by atoms with van der Waals surface area (Å²) in [5.41, 5.74) is 1.92. The average molecular weight is 165 g/mol. The minimum atomic E-state index is 0.634. The van der Waals surface area contributed by atoms with Crippen LogP contribution in [0.2, 0.25) is 0 Å². The van der Waals surface area contributed by atoms with Gasteiger partial charge in [0.1, 0.15) is 0 Å². The van der Waals surface area contributed by atoms with Crippen LogP contribution in [0.15, 0.2) is 12.1 Å². The number of rotatable bonds is 3. The largest absolute Gasteiger partial charge is 0.687 e. The normalized spacial score (nSPS) is 9.58. The number of hydrogen-bond acceptors (Lipinski definition) is 2. The minimum Gasteiger partial charge on any atom is -0.687 e. The molecule has 0 radical (unpaired) electrons. The van der Waals surface area contributed by atoms with Gasteiger partial charge in [-0.25, -0.2) is 4.98 Å². The standard InChI is InChI=1S/C9H13N2O/c1-4-7-5-8(10-2)6-9(11-7)12-3/h5-6H,4H2,1-3H3/q-1. The van der Waals surface area contributed by atoms with Crippen LogP contribution in [0.1, 0.15) is 12.6 Å². The van der Waals surface area contributed by atoms with Gasteiger partial charge in [0.25, 0.3) is 0 Å². The molecule has 3 heteroatoms. The zero-order valence-corrected chi connectivity index (χ0v) is 7.66. The molecule has 0 spiro atoms. The molecule has 0 atom stereocenters. The highest BCUT2D eigenvalue weighted by atomic mass is 16.5. The van der Waals surface area contributed by atoms with Gasteiger partial charge in [-0.05, 0) is 12.5 Å². The van der Waals surface area contributed by atoms with Gasteiger partial charge >= 0.3 is 0 Å². The topological polar surface area (TPSA) is 36.2 Å². The number of ether oxygens (including phenoxy) is 1. The smallest absolute Gasteiger partial charge is 0.211 e. The van der Waals surface area contributed by atoms with Crippen molar-refractivity contribution in [1.82, 2.24) is 4.98 Å². The first-order valence-corrected chi connectivity index (χ1v) is 3.95. The molecule has 0 unspecified atom stereocenters. The van der Waals surface area contributed by atoms with Crippen molar-refractivity contribution in [2.24, 2.45) is 0 Å². The Hall–Kier alpha value is -1.25. The molecule has 0 saturated heterocycles. The van der Waals surface area contributed by atoms with Gasteiger partial charge in [-0.2, -0.15) is 0 Å². The van der Waals surface area contributed by atoms with Crippen LogP contribution in [0.4, 0.5) is 5.69 Å². The molecule has 66 valence electrons. The first kappa shape index (κ1) is 8.84. The fourth-order valence-electron chi connectivity index (χ4n) is 0.960. The zero-order valence-electron chi connectivity index (χ0n) is 7.66. The van der Waals surface area contributed by atoms with Crippen molar-refractivity contribution in [3.63, 3.8) is 0 Å². The first-order valence-electron chi connectivity index (χ1n) is 3.95. The van der Waals surface area contributed by atoms with E-state index in [1.54, 1.807) is 14.2 Å². The monoisotopic (exact) mass is 165 g/mol. The van der Waals surface area contributed by atoms with Crippen LogP contribution in [0.3, 0.4) is 0 Å². The Labute approximate surface area is 72.8 Å². The minimum absolute atomic E-state index is 0.634. The summed E-state index contributed by atoms with van der Waals surface area (Å²) in [6.07, 6.45) is 0.902. The molecule has 0 aliphatic carbocycles. The third-order valence-electron chi connectivity index (χ3n) is 1.67. The molecule has 12 heavy (non-hydrogen) atoms. The van der Waals surface area contributed by atoms with Crippen molar-refractivity contribution < 1.29 is 4.74 Å². The molecule has 0 fully saturated rings. The second-order valence-corrected chi connectivity index (χ2v) is 2.44. The molecule has 0 bridgehead atoms. The molecule has 1 rings (SSSR count). The predicted octanol–water partition coefficient (Wildman–Crippen LogP) is 2.29. The molecule has 0 amide bonds. The van der Waals surface area contributed by atoms with E-state index in [0.29, 0.717) is 5.88 Å². The maximum atomic E-state index is 5.03. The maximum absolute atomic E-state index is 5.03. The van der Waals surface area contributed by atoms with E-state index in [4.69, 9.17) is 4.74 Å². The van der Waals surface area contributed by atoms with E-state index in [0.717, 1.165) is 17.8 Å². The summed E-state index contributed by atoms with van der Waals surface area (Å²) in [4.78, 5) is 4.24. The Bertz CT molecular complexity index is 205. The van der Waals surface area contributed by atoms with Crippen molar-refractivity contribution in [2.75, 3.05) is 14.2 Å². The molecular formula is C9H13N2O-. The Morgan fingerprint density at radius 2 is 2.25 bits per heavy atom. The molecule has 1 heterocycles. The summed E-state index contributed by atoms with van der Waals surface area (Å²) in [5, 5.41) is 4.07. The Kier molecular flexibility index (Phi) is 2.91. The first-order chi connectivity index (χ1) is 5.80. The SMILES string of the molecule is CCc1cc([N-]C)cc(OC)n1. The lowest BCUT2D eigenvalue weighted by Crippen LogP contribution is -1.91. The zero-order chi connectivity index (χ0) is 8.97. The van der Waals surface area contributed by atoms with Crippen LogP contribution in [0.5, 0.6) is 5.88 Å². The number of pyridine rings is 1. The molecule has 0 aliphatic heterocycles. The molecule has 0 N–H and O–H groups in total. The lowest BCUT2D eigenvalue weighted by Gasteiger charge is -2.15. The van der Waals surface area contributed by atoms with Gasteiger partial charge in [-0.15, -0.1) is 12.7 Å². The molecule has 0 aliphatic rings. The molecular weight excluding hydrogens is 152 g/mol. The summed E-state index contributed by atoms with van der Waals surface area (Å²) in [6.45, 7) is 2.06. The summed E-state index contributed by atoms with van der Waals surface area (Å²) in [5.74, 6) is 0.634. The van der Waals surface area contributed by atoms with Crippen LogP contribution in [0, 0.1) is 0 Å². The highest BCUT2D eigenvalue weighted by Crippen LogP contribution is 2.22. The van der Waals surface area contributed by atoms with E-state index < -0.39 is 0 Å². The number of nitrogens with zero attached hydrogens (tertiary/aromatic N) is 2. The number of hydrogen-bond donors (Lipinski definition) is 0. The van der Waals surface area contributed by atoms with Gasteiger partial charge < -0.3 is 10.1 Å². The lowest BCUT2D eigenvalue weighted by atomic mass is 10.2. The van der Waals surface area contributed by atoms with E-state index in [9.17, 15) is 0 Å². The van der Waals surface area contributed by atoms with Crippen LogP contribution < -0.4 is 4.74 Å². The molecule has 1 aromatic rings. The van der Waals surface area contributed by atoms with E-state index in [1.165, 1.54) is 0 Å². The summed E-state index contributed by atoms with van der Waals surface area (Å²) >= 11 is 0. The lowest BCUT2D eigenvalue weighted by molar-refractivity contribution is 0.397. The number of aryl methyl sites for hydroxylation is 1. The highest BCUT2D eigenvalue weighted by Gasteiger charge is 1.95. The van der Waals surface area contributed by atoms with Gasteiger partial charge in [-0.1, -0.05) is 13.0 Å². The third kappa shape index (κ3) is 1.87. The van der Waals surface area contributed by atoms with Crippen molar-refractivity contribution >= 4 is 5.69 Å². The van der Waals surface area contributed by atoms with Crippen LogP contribution >= 0.6 is 0 Å². The van der Waals surface area contributed by atoms with Gasteiger partial charge in [0.05, 0.1) is 7.11 Å². The molecule has 0 aromatic carbocycles. The second kappa shape index (κ2) is 3.95. The number of aromatic nitrogens is 1. The van der Waals surface area contributed by atoms with Crippen LogP contribution in [-0.4, -0.2) is 19.1 Å². The van der Waals surface area contributed by atoms with Crippen molar-refractivity contribution in [3.8, 4) is 5.88 Å². The van der Waals surface area contributed by atoms with Crippen LogP contribution in [0.25, 0.3) is 5.32 Å². The number of methoxy groups -OCH3 is 1. The molecule has 3 nitrogen and oxygen atoms in total. The van der Waals surface area contributed by atoms with Gasteiger partial charge in [-0.3, -0.25) is 0 Å². The Balaban J connectivity index is 3.01. The van der Waals surface area contributed by atoms with Gasteiger partial charge in [0.15, 0.2) is 0 Å². The fourth-order valence-corrected chi connectivity index (χ4v) is 0.960. The van der Waals surface area contributed by atoms with E-state index in [1.807, 2.05) is 12.1 Å². The molecule has 1 aromatic heterocycles. The summed E-state index contributed by atoms with van der Waals surface area (Å²) < 4.78 is 5.03. The van der Waals surface area contributed by atoms with Gasteiger partial charge in [0, 0.05) is 5.69 Å². The van der Waals surface area contributed by atoms with E-state index >= 15 is 0 Å². The van der Waals surface area contributed by atoms with Crippen LogP contribution in [-0.2, 0) is 6.42 Å². The summed E-state index contributed by atoms with van der Waals surface area (Å²) in [6, 6.07) is 3.78. The third-order valence-corrected chi connectivity index (χ3v) is 1.67. The van der Waals surface area contributed by atoms with E-state index in [2.05, 4.69) is 17.2 Å². The van der Waals surface area contributed by atoms with Crippen molar-refractivity contribution in [3.05, 3.63) is 23.1 Å². The molecule has 0 saturated carbocycles. The van der Waals surface area contributed by atoms with Crippen molar-refractivity contribution in [2.45, 2.75) is 13.3 Å². The quantitative estimate of drug-likeness (QED) is 0.689. The predicted molar refractivity (Wildman–Crippen MR) is 49.1 cm³/mol. The van der Waals surface area contributed by atoms with Gasteiger partial charge in [0.2, 0.25) is 5.88 Å². The maximum Gasteiger partial charge on any atom is 0.211 e. The summed E-state index contributed by atoms with van der Waals surface area (Å²) in [7, 11) is 3.37. The van der Waals surface area contributed by atoms with E-state index in [-0.39, 0.29) is 0 Å². The Morgan fingerprint density at radius 3 is 2.75 bits per heavy atom. The average Bonchev–Trinajstić information content (AvgIpc) is 2.16. The Morgan fingerprint density at radius 1 is 1.50 bits per heavy atom. The second-order valence-electron chi connectivity index (χ2n) is 2.44. The fraction of sp³-hybridized carbons (Fsp3) is 0.444. The highest BCUT2D eigenvalue weighted by molar-refractivity contribution is 5.50.